The molecule has 1 heterocycles. The van der Waals surface area contributed by atoms with Crippen molar-refractivity contribution in [1.82, 2.24) is 15.4 Å². The third kappa shape index (κ3) is 4.67. The number of halogens is 3. The molecule has 2 aromatic carbocycles. The predicted molar refractivity (Wildman–Crippen MR) is 92.8 cm³/mol. The zero-order valence-corrected chi connectivity index (χ0v) is 14.9. The quantitative estimate of drug-likeness (QED) is 0.634. The fourth-order valence-corrected chi connectivity index (χ4v) is 3.32. The zero-order chi connectivity index (χ0) is 20.3. The van der Waals surface area contributed by atoms with Crippen LogP contribution in [0.1, 0.15) is 5.56 Å². The maximum atomic E-state index is 13.1. The SMILES string of the molecule is O=C1NC(=O)[C@H](CNS(=O)c2cccc(Oc3ccccc3C(F)(F)F)c2)N1. The van der Waals surface area contributed by atoms with Gasteiger partial charge in [-0.05, 0) is 30.3 Å². The lowest BCUT2D eigenvalue weighted by Gasteiger charge is -2.14. The fraction of sp³-hybridized carbons (Fsp3) is 0.176. The van der Waals surface area contributed by atoms with Crippen molar-refractivity contribution >= 4 is 22.9 Å². The highest BCUT2D eigenvalue weighted by Gasteiger charge is 2.34. The summed E-state index contributed by atoms with van der Waals surface area (Å²) in [6.07, 6.45) is -4.58. The van der Waals surface area contributed by atoms with Crippen molar-refractivity contribution in [3.05, 3.63) is 54.1 Å². The lowest BCUT2D eigenvalue weighted by atomic mass is 10.2. The minimum Gasteiger partial charge on any atom is -0.457 e. The molecule has 0 aliphatic carbocycles. The Labute approximate surface area is 159 Å². The van der Waals surface area contributed by atoms with E-state index < -0.39 is 40.7 Å². The Morgan fingerprint density at radius 3 is 2.54 bits per heavy atom. The Balaban J connectivity index is 1.70. The van der Waals surface area contributed by atoms with Crippen molar-refractivity contribution in [3.8, 4) is 11.5 Å². The molecule has 7 nitrogen and oxygen atoms in total. The van der Waals surface area contributed by atoms with Crippen LogP contribution < -0.4 is 20.1 Å². The van der Waals surface area contributed by atoms with E-state index in [-0.39, 0.29) is 22.9 Å². The maximum absolute atomic E-state index is 13.1. The number of carbonyl (C=O) groups excluding carboxylic acids is 2. The molecule has 3 N–H and O–H groups in total. The summed E-state index contributed by atoms with van der Waals surface area (Å²) in [4.78, 5) is 22.7. The highest BCUT2D eigenvalue weighted by atomic mass is 32.2. The molecule has 2 atom stereocenters. The van der Waals surface area contributed by atoms with E-state index in [0.717, 1.165) is 6.07 Å². The lowest BCUT2D eigenvalue weighted by Crippen LogP contribution is -2.39. The second-order valence-electron chi connectivity index (χ2n) is 5.70. The van der Waals surface area contributed by atoms with E-state index in [2.05, 4.69) is 10.0 Å². The molecule has 0 aromatic heterocycles. The lowest BCUT2D eigenvalue weighted by molar-refractivity contribution is -0.138. The van der Waals surface area contributed by atoms with E-state index >= 15 is 0 Å². The van der Waals surface area contributed by atoms with Crippen molar-refractivity contribution in [2.24, 2.45) is 0 Å². The molecular weight excluding hydrogens is 399 g/mol. The average molecular weight is 413 g/mol. The van der Waals surface area contributed by atoms with Crippen LogP contribution in [0.4, 0.5) is 18.0 Å². The number of rotatable bonds is 6. The van der Waals surface area contributed by atoms with Crippen LogP contribution >= 0.6 is 0 Å². The predicted octanol–water partition coefficient (Wildman–Crippen LogP) is 2.32. The second-order valence-corrected chi connectivity index (χ2v) is 7.00. The molecule has 3 amide bonds. The van der Waals surface area contributed by atoms with Crippen LogP contribution in [0.2, 0.25) is 0 Å². The van der Waals surface area contributed by atoms with Gasteiger partial charge in [0, 0.05) is 6.54 Å². The molecule has 0 radical (unpaired) electrons. The number of amides is 3. The van der Waals surface area contributed by atoms with Crippen LogP contribution in [-0.2, 0) is 22.0 Å². The Hall–Kier alpha value is -2.92. The third-order valence-electron chi connectivity index (χ3n) is 3.72. The number of ether oxygens (including phenoxy) is 1. The second kappa shape index (κ2) is 7.98. The van der Waals surface area contributed by atoms with Crippen LogP contribution in [0.15, 0.2) is 53.4 Å². The van der Waals surface area contributed by atoms with Gasteiger partial charge in [-0.2, -0.15) is 13.2 Å². The standard InChI is InChI=1S/C17H14F3N3O4S/c18-17(19,20)12-6-1-2-7-14(12)27-10-4-3-5-11(8-10)28(26)21-9-13-15(24)23-16(25)22-13/h1-8,13,21H,9H2,(H2,22,23,24,25)/t13-,28?/m0/s1. The molecule has 0 saturated carbocycles. The average Bonchev–Trinajstić information content (AvgIpc) is 2.97. The first-order valence-electron chi connectivity index (χ1n) is 7.95. The number of urea groups is 1. The van der Waals surface area contributed by atoms with Crippen molar-refractivity contribution in [2.75, 3.05) is 6.54 Å². The van der Waals surface area contributed by atoms with Crippen LogP contribution in [-0.4, -0.2) is 28.7 Å². The van der Waals surface area contributed by atoms with E-state index in [1.165, 1.54) is 42.5 Å². The number of hydrogen-bond acceptors (Lipinski definition) is 4. The van der Waals surface area contributed by atoms with Crippen molar-refractivity contribution in [1.29, 1.82) is 0 Å². The van der Waals surface area contributed by atoms with Crippen LogP contribution in [0.25, 0.3) is 0 Å². The Morgan fingerprint density at radius 2 is 1.86 bits per heavy atom. The molecule has 11 heteroatoms. The van der Waals surface area contributed by atoms with Gasteiger partial charge in [-0.25, -0.2) is 13.7 Å². The van der Waals surface area contributed by atoms with Gasteiger partial charge in [-0.15, -0.1) is 0 Å². The van der Waals surface area contributed by atoms with Gasteiger partial charge in [0.25, 0.3) is 5.91 Å². The Kier molecular flexibility index (Phi) is 5.66. The zero-order valence-electron chi connectivity index (χ0n) is 14.1. The van der Waals surface area contributed by atoms with Gasteiger partial charge in [0.2, 0.25) is 0 Å². The first-order chi connectivity index (χ1) is 13.2. The monoisotopic (exact) mass is 413 g/mol. The molecule has 1 unspecified atom stereocenters. The number of alkyl halides is 3. The Bertz CT molecular complexity index is 936. The first kappa shape index (κ1) is 19.8. The molecule has 2 aromatic rings. The number of para-hydroxylation sites is 1. The smallest absolute Gasteiger partial charge is 0.419 e. The number of imide groups is 1. The number of hydrogen-bond donors (Lipinski definition) is 3. The highest BCUT2D eigenvalue weighted by molar-refractivity contribution is 7.83. The third-order valence-corrected chi connectivity index (χ3v) is 4.83. The van der Waals surface area contributed by atoms with E-state index in [4.69, 9.17) is 4.74 Å². The van der Waals surface area contributed by atoms with E-state index in [1.807, 2.05) is 5.32 Å². The molecule has 28 heavy (non-hydrogen) atoms. The van der Waals surface area contributed by atoms with Gasteiger partial charge in [0.05, 0.1) is 10.5 Å². The summed E-state index contributed by atoms with van der Waals surface area (Å²) in [6.45, 7) is -0.0911. The molecule has 1 aliphatic rings. The Morgan fingerprint density at radius 1 is 1.11 bits per heavy atom. The largest absolute Gasteiger partial charge is 0.457 e. The normalized spacial score (nSPS) is 17.8. The fourth-order valence-electron chi connectivity index (χ4n) is 2.41. The minimum atomic E-state index is -4.58. The van der Waals surface area contributed by atoms with Crippen LogP contribution in [0.3, 0.4) is 0 Å². The summed E-state index contributed by atoms with van der Waals surface area (Å²) in [5.41, 5.74) is -0.928. The summed E-state index contributed by atoms with van der Waals surface area (Å²) >= 11 is 0. The van der Waals surface area contributed by atoms with E-state index in [9.17, 15) is 27.0 Å². The van der Waals surface area contributed by atoms with Crippen LogP contribution in [0.5, 0.6) is 11.5 Å². The molecule has 1 aliphatic heterocycles. The van der Waals surface area contributed by atoms with E-state index in [0.29, 0.717) is 0 Å². The molecule has 3 rings (SSSR count). The summed E-state index contributed by atoms with van der Waals surface area (Å²) in [7, 11) is -1.78. The van der Waals surface area contributed by atoms with Crippen LogP contribution in [0, 0.1) is 0 Å². The van der Waals surface area contributed by atoms with Gasteiger partial charge >= 0.3 is 12.2 Å². The molecule has 1 fully saturated rings. The summed E-state index contributed by atoms with van der Waals surface area (Å²) < 4.78 is 59.4. The number of nitrogens with one attached hydrogen (secondary N) is 3. The van der Waals surface area contributed by atoms with Crippen molar-refractivity contribution < 1.29 is 31.7 Å². The van der Waals surface area contributed by atoms with Gasteiger partial charge in [0.1, 0.15) is 28.5 Å². The van der Waals surface area contributed by atoms with Gasteiger partial charge in [0.15, 0.2) is 0 Å². The highest BCUT2D eigenvalue weighted by Crippen LogP contribution is 2.38. The molecule has 1 saturated heterocycles. The van der Waals surface area contributed by atoms with Crippen molar-refractivity contribution in [3.63, 3.8) is 0 Å². The van der Waals surface area contributed by atoms with E-state index in [1.54, 1.807) is 0 Å². The molecule has 0 bridgehead atoms. The first-order valence-corrected chi connectivity index (χ1v) is 9.10. The minimum absolute atomic E-state index is 0.0660. The summed E-state index contributed by atoms with van der Waals surface area (Å²) in [5.74, 6) is -0.858. The molecule has 148 valence electrons. The number of carbonyl (C=O) groups is 2. The van der Waals surface area contributed by atoms with Gasteiger partial charge < -0.3 is 10.1 Å². The molecular formula is C17H14F3N3O4S. The summed E-state index contributed by atoms with van der Waals surface area (Å²) in [6, 6.07) is 8.96. The maximum Gasteiger partial charge on any atom is 0.419 e. The topological polar surface area (TPSA) is 96.5 Å². The van der Waals surface area contributed by atoms with Gasteiger partial charge in [-0.1, -0.05) is 18.2 Å². The van der Waals surface area contributed by atoms with Gasteiger partial charge in [-0.3, -0.25) is 10.1 Å². The number of benzene rings is 2. The molecule has 0 spiro atoms. The summed E-state index contributed by atoms with van der Waals surface area (Å²) in [5, 5.41) is 4.39. The van der Waals surface area contributed by atoms with Crippen molar-refractivity contribution in [2.45, 2.75) is 17.1 Å².